The molecule has 1 aliphatic heterocycles. The van der Waals surface area contributed by atoms with Crippen molar-refractivity contribution in [2.24, 2.45) is 7.05 Å². The zero-order valence-corrected chi connectivity index (χ0v) is 8.01. The van der Waals surface area contributed by atoms with Crippen LogP contribution in [0.15, 0.2) is 6.20 Å². The fourth-order valence-corrected chi connectivity index (χ4v) is 2.51. The van der Waals surface area contributed by atoms with Gasteiger partial charge in [0.25, 0.3) is 0 Å². The van der Waals surface area contributed by atoms with Crippen molar-refractivity contribution in [3.63, 3.8) is 0 Å². The predicted octanol–water partition coefficient (Wildman–Crippen LogP) is 0.539. The van der Waals surface area contributed by atoms with Crippen LogP contribution < -0.4 is 5.32 Å². The molecule has 1 aliphatic rings. The first-order valence-corrected chi connectivity index (χ1v) is 4.95. The Kier molecular flexibility index (Phi) is 2.06. The molecule has 2 atom stereocenters. The highest BCUT2D eigenvalue weighted by molar-refractivity contribution is 8.00. The van der Waals surface area contributed by atoms with Gasteiger partial charge in [0.05, 0.1) is 17.3 Å². The van der Waals surface area contributed by atoms with Crippen LogP contribution in [-0.2, 0) is 7.05 Å². The van der Waals surface area contributed by atoms with Gasteiger partial charge in [-0.3, -0.25) is 5.32 Å². The molecule has 2 heterocycles. The molecule has 5 heteroatoms. The smallest absolute Gasteiger partial charge is 0.0978 e. The third-order valence-corrected chi connectivity index (χ3v) is 3.29. The van der Waals surface area contributed by atoms with Crippen LogP contribution >= 0.6 is 11.8 Å². The highest BCUT2D eigenvalue weighted by Crippen LogP contribution is 2.33. The van der Waals surface area contributed by atoms with E-state index in [1.807, 2.05) is 29.7 Å². The van der Waals surface area contributed by atoms with Crippen molar-refractivity contribution in [2.75, 3.05) is 6.54 Å². The summed E-state index contributed by atoms with van der Waals surface area (Å²) in [6, 6.07) is 0. The summed E-state index contributed by atoms with van der Waals surface area (Å²) >= 11 is 1.93. The Balaban J connectivity index is 2.16. The Bertz CT molecular complexity index is 272. The van der Waals surface area contributed by atoms with Crippen LogP contribution in [0.3, 0.4) is 0 Å². The van der Waals surface area contributed by atoms with Gasteiger partial charge in [-0.2, -0.15) is 0 Å². The van der Waals surface area contributed by atoms with Crippen LogP contribution in [0.4, 0.5) is 0 Å². The molecular formula is C7H12N4S. The van der Waals surface area contributed by atoms with Gasteiger partial charge in [-0.25, -0.2) is 4.68 Å². The van der Waals surface area contributed by atoms with Gasteiger partial charge in [0.15, 0.2) is 0 Å². The summed E-state index contributed by atoms with van der Waals surface area (Å²) in [7, 11) is 1.92. The van der Waals surface area contributed by atoms with E-state index >= 15 is 0 Å². The van der Waals surface area contributed by atoms with Gasteiger partial charge in [0.1, 0.15) is 0 Å². The van der Waals surface area contributed by atoms with E-state index in [-0.39, 0.29) is 0 Å². The fraction of sp³-hybridized carbons (Fsp3) is 0.714. The van der Waals surface area contributed by atoms with Crippen molar-refractivity contribution in [1.82, 2.24) is 20.3 Å². The summed E-state index contributed by atoms with van der Waals surface area (Å²) in [5.41, 5.74) is 1.16. The lowest BCUT2D eigenvalue weighted by molar-refractivity contribution is 0.629. The van der Waals surface area contributed by atoms with E-state index in [0.29, 0.717) is 10.6 Å². The second kappa shape index (κ2) is 3.06. The van der Waals surface area contributed by atoms with Gasteiger partial charge in [0, 0.05) is 18.8 Å². The van der Waals surface area contributed by atoms with Crippen LogP contribution in [-0.4, -0.2) is 26.8 Å². The first kappa shape index (κ1) is 8.07. The molecule has 0 amide bonds. The molecule has 0 saturated carbocycles. The lowest BCUT2D eigenvalue weighted by Gasteiger charge is -2.07. The number of rotatable bonds is 1. The molecule has 0 radical (unpaired) electrons. The zero-order chi connectivity index (χ0) is 8.55. The molecule has 0 bridgehead atoms. The molecule has 1 aromatic rings. The molecular weight excluding hydrogens is 172 g/mol. The fourth-order valence-electron chi connectivity index (χ4n) is 1.31. The number of nitrogens with zero attached hydrogens (tertiary/aromatic N) is 3. The number of aryl methyl sites for hydroxylation is 1. The lowest BCUT2D eigenvalue weighted by atomic mass is 10.4. The molecule has 66 valence electrons. The summed E-state index contributed by atoms with van der Waals surface area (Å²) in [6.07, 6.45) is 1.82. The number of hydrogen-bond acceptors (Lipinski definition) is 4. The second-order valence-corrected chi connectivity index (χ2v) is 4.57. The van der Waals surface area contributed by atoms with Crippen LogP contribution in [0.1, 0.15) is 18.0 Å². The van der Waals surface area contributed by atoms with E-state index in [1.165, 1.54) is 0 Å². The summed E-state index contributed by atoms with van der Waals surface area (Å²) in [5.74, 6) is 0. The number of hydrogen-bond donors (Lipinski definition) is 1. The lowest BCUT2D eigenvalue weighted by Crippen LogP contribution is -2.16. The van der Waals surface area contributed by atoms with Crippen LogP contribution in [0.25, 0.3) is 0 Å². The minimum atomic E-state index is 0.375. The van der Waals surface area contributed by atoms with E-state index in [2.05, 4.69) is 22.6 Å². The molecule has 2 unspecified atom stereocenters. The Morgan fingerprint density at radius 3 is 3.08 bits per heavy atom. The molecule has 1 saturated heterocycles. The normalized spacial score (nSPS) is 29.5. The zero-order valence-electron chi connectivity index (χ0n) is 7.19. The van der Waals surface area contributed by atoms with Gasteiger partial charge in [-0.1, -0.05) is 12.1 Å². The molecule has 0 spiro atoms. The van der Waals surface area contributed by atoms with E-state index in [0.717, 1.165) is 12.2 Å². The molecule has 12 heavy (non-hydrogen) atoms. The molecule has 1 N–H and O–H groups in total. The molecule has 1 fully saturated rings. The van der Waals surface area contributed by atoms with Crippen LogP contribution in [0.2, 0.25) is 0 Å². The van der Waals surface area contributed by atoms with Gasteiger partial charge < -0.3 is 0 Å². The largest absolute Gasteiger partial charge is 0.299 e. The van der Waals surface area contributed by atoms with Crippen molar-refractivity contribution in [1.29, 1.82) is 0 Å². The Morgan fingerprint density at radius 2 is 2.58 bits per heavy atom. The number of aromatic nitrogens is 3. The summed E-state index contributed by atoms with van der Waals surface area (Å²) < 4.78 is 1.82. The quantitative estimate of drug-likeness (QED) is 0.691. The van der Waals surface area contributed by atoms with Gasteiger partial charge in [-0.05, 0) is 0 Å². The van der Waals surface area contributed by atoms with Gasteiger partial charge in [-0.15, -0.1) is 16.9 Å². The number of nitrogens with one attached hydrogen (secondary N) is 1. The molecule has 2 rings (SSSR count). The minimum Gasteiger partial charge on any atom is -0.299 e. The Labute approximate surface area is 75.7 Å². The summed E-state index contributed by atoms with van der Waals surface area (Å²) in [5, 5.41) is 12.2. The first-order valence-electron chi connectivity index (χ1n) is 4.01. The maximum atomic E-state index is 3.90. The maximum absolute atomic E-state index is 3.90. The van der Waals surface area contributed by atoms with E-state index in [1.54, 1.807) is 0 Å². The highest BCUT2D eigenvalue weighted by atomic mass is 32.2. The van der Waals surface area contributed by atoms with Crippen molar-refractivity contribution >= 4 is 11.8 Å². The Hall–Kier alpha value is -0.550. The van der Waals surface area contributed by atoms with E-state index < -0.39 is 0 Å². The van der Waals surface area contributed by atoms with Crippen LogP contribution in [0, 0.1) is 0 Å². The topological polar surface area (TPSA) is 42.7 Å². The van der Waals surface area contributed by atoms with E-state index in [4.69, 9.17) is 0 Å². The third kappa shape index (κ3) is 1.34. The molecule has 0 aromatic carbocycles. The molecule has 0 aliphatic carbocycles. The highest BCUT2D eigenvalue weighted by Gasteiger charge is 2.24. The summed E-state index contributed by atoms with van der Waals surface area (Å²) in [6.45, 7) is 3.29. The van der Waals surface area contributed by atoms with Crippen molar-refractivity contribution < 1.29 is 0 Å². The maximum Gasteiger partial charge on any atom is 0.0978 e. The monoisotopic (exact) mass is 184 g/mol. The molecule has 4 nitrogen and oxygen atoms in total. The predicted molar refractivity (Wildman–Crippen MR) is 48.8 cm³/mol. The SMILES string of the molecule is CC1CNC(c2cnnn2C)S1. The summed E-state index contributed by atoms with van der Waals surface area (Å²) in [4.78, 5) is 0. The first-order chi connectivity index (χ1) is 5.77. The average Bonchev–Trinajstić information content (AvgIpc) is 2.58. The second-order valence-electron chi connectivity index (χ2n) is 3.02. The molecule has 1 aromatic heterocycles. The average molecular weight is 184 g/mol. The van der Waals surface area contributed by atoms with Crippen molar-refractivity contribution in [3.05, 3.63) is 11.9 Å². The van der Waals surface area contributed by atoms with E-state index in [9.17, 15) is 0 Å². The van der Waals surface area contributed by atoms with Gasteiger partial charge >= 0.3 is 0 Å². The Morgan fingerprint density at radius 1 is 1.75 bits per heavy atom. The van der Waals surface area contributed by atoms with Crippen molar-refractivity contribution in [3.8, 4) is 0 Å². The minimum absolute atomic E-state index is 0.375. The number of thioether (sulfide) groups is 1. The van der Waals surface area contributed by atoms with Crippen molar-refractivity contribution in [2.45, 2.75) is 17.5 Å². The van der Waals surface area contributed by atoms with Gasteiger partial charge in [0.2, 0.25) is 0 Å². The standard InChI is InChI=1S/C7H12N4S/c1-5-3-8-7(12-5)6-4-9-10-11(6)2/h4-5,7-8H,3H2,1-2H3. The van der Waals surface area contributed by atoms with Crippen LogP contribution in [0.5, 0.6) is 0 Å². The third-order valence-electron chi connectivity index (χ3n) is 1.98.